The number of furan rings is 1. The number of carboxylic acid groups (broad SMARTS) is 1. The van der Waals surface area contributed by atoms with E-state index in [4.69, 9.17) is 9.52 Å². The second kappa shape index (κ2) is 5.67. The van der Waals surface area contributed by atoms with Gasteiger partial charge in [0.05, 0.1) is 6.54 Å². The van der Waals surface area contributed by atoms with Crippen molar-refractivity contribution in [3.63, 3.8) is 0 Å². The van der Waals surface area contributed by atoms with Gasteiger partial charge in [0.15, 0.2) is 0 Å². The molecule has 0 bridgehead atoms. The van der Waals surface area contributed by atoms with Crippen molar-refractivity contribution in [2.45, 2.75) is 32.7 Å². The van der Waals surface area contributed by atoms with Gasteiger partial charge in [-0.2, -0.15) is 0 Å². The highest BCUT2D eigenvalue weighted by Gasteiger charge is 2.15. The summed E-state index contributed by atoms with van der Waals surface area (Å²) < 4.78 is 6.76. The molecule has 24 heavy (non-hydrogen) atoms. The molecule has 0 aliphatic rings. The van der Waals surface area contributed by atoms with E-state index in [9.17, 15) is 9.59 Å². The van der Waals surface area contributed by atoms with Gasteiger partial charge in [0.2, 0.25) is 5.76 Å². The van der Waals surface area contributed by atoms with Crippen LogP contribution in [0.25, 0.3) is 10.8 Å². The van der Waals surface area contributed by atoms with Crippen LogP contribution in [0.3, 0.4) is 0 Å². The first-order valence-electron chi connectivity index (χ1n) is 7.71. The fraction of sp³-hybridized carbons (Fsp3) is 0.263. The summed E-state index contributed by atoms with van der Waals surface area (Å²) in [5, 5.41) is 10.4. The molecule has 1 aromatic carbocycles. The van der Waals surface area contributed by atoms with Crippen LogP contribution in [0.4, 0.5) is 0 Å². The third-order valence-corrected chi connectivity index (χ3v) is 4.04. The number of hydrogen-bond acceptors (Lipinski definition) is 3. The van der Waals surface area contributed by atoms with Gasteiger partial charge in [-0.05, 0) is 40.6 Å². The molecule has 2 aromatic heterocycles. The predicted octanol–water partition coefficient (Wildman–Crippen LogP) is 3.64. The first kappa shape index (κ1) is 16.1. The zero-order valence-corrected chi connectivity index (χ0v) is 13.9. The molecule has 124 valence electrons. The summed E-state index contributed by atoms with van der Waals surface area (Å²) in [5.41, 5.74) is 0.932. The molecule has 2 heterocycles. The van der Waals surface area contributed by atoms with E-state index in [1.807, 2.05) is 24.3 Å². The molecule has 0 spiro atoms. The normalized spacial score (nSPS) is 11.8. The molecular formula is C19H19NO4. The highest BCUT2D eigenvalue weighted by Crippen LogP contribution is 2.24. The maximum Gasteiger partial charge on any atom is 0.371 e. The summed E-state index contributed by atoms with van der Waals surface area (Å²) in [6.45, 7) is 6.51. The Labute approximate surface area is 139 Å². The first-order valence-corrected chi connectivity index (χ1v) is 7.71. The average Bonchev–Trinajstić information content (AvgIpc) is 2.98. The summed E-state index contributed by atoms with van der Waals surface area (Å²) >= 11 is 0. The van der Waals surface area contributed by atoms with Crippen LogP contribution in [0.2, 0.25) is 0 Å². The lowest BCUT2D eigenvalue weighted by Crippen LogP contribution is -2.20. The number of carboxylic acids is 1. The zero-order chi connectivity index (χ0) is 17.5. The van der Waals surface area contributed by atoms with Crippen LogP contribution >= 0.6 is 0 Å². The van der Waals surface area contributed by atoms with Gasteiger partial charge in [-0.3, -0.25) is 4.79 Å². The van der Waals surface area contributed by atoms with Gasteiger partial charge < -0.3 is 14.1 Å². The number of carbonyl (C=O) groups is 1. The minimum atomic E-state index is -1.12. The van der Waals surface area contributed by atoms with E-state index in [-0.39, 0.29) is 23.3 Å². The van der Waals surface area contributed by atoms with Crippen molar-refractivity contribution in [3.05, 3.63) is 70.0 Å². The topological polar surface area (TPSA) is 72.4 Å². The van der Waals surface area contributed by atoms with E-state index in [1.165, 1.54) is 10.6 Å². The van der Waals surface area contributed by atoms with Gasteiger partial charge in [-0.25, -0.2) is 4.79 Å². The zero-order valence-electron chi connectivity index (χ0n) is 13.9. The van der Waals surface area contributed by atoms with Crippen molar-refractivity contribution in [2.24, 2.45) is 0 Å². The smallest absolute Gasteiger partial charge is 0.371 e. The molecule has 5 nitrogen and oxygen atoms in total. The molecule has 5 heteroatoms. The molecule has 0 aliphatic carbocycles. The Balaban J connectivity index is 2.03. The van der Waals surface area contributed by atoms with Crippen LogP contribution in [0.5, 0.6) is 0 Å². The minimum absolute atomic E-state index is 0.0430. The molecule has 0 fully saturated rings. The highest BCUT2D eigenvalue weighted by atomic mass is 16.4. The van der Waals surface area contributed by atoms with E-state index in [0.717, 1.165) is 10.9 Å². The monoisotopic (exact) mass is 325 g/mol. The lowest BCUT2D eigenvalue weighted by atomic mass is 9.86. The molecule has 3 aromatic rings. The number of hydrogen-bond donors (Lipinski definition) is 1. The van der Waals surface area contributed by atoms with Gasteiger partial charge in [0.25, 0.3) is 5.56 Å². The van der Waals surface area contributed by atoms with E-state index < -0.39 is 5.97 Å². The maximum atomic E-state index is 12.8. The molecule has 0 radical (unpaired) electrons. The van der Waals surface area contributed by atoms with Crippen molar-refractivity contribution >= 4 is 16.7 Å². The number of nitrogens with zero attached hydrogens (tertiary/aromatic N) is 1. The van der Waals surface area contributed by atoms with Crippen LogP contribution in [-0.2, 0) is 12.0 Å². The largest absolute Gasteiger partial charge is 0.475 e. The Bertz CT molecular complexity index is 973. The Morgan fingerprint density at radius 3 is 2.54 bits per heavy atom. The van der Waals surface area contributed by atoms with Crippen molar-refractivity contribution in [3.8, 4) is 0 Å². The standard InChI is InChI=1S/C19H19NO4/c1-19(2,3)13-5-4-12-8-9-20(17(21)15(12)10-13)11-14-6-7-16(24-14)18(22)23/h4-10H,11H2,1-3H3,(H,22,23). The number of benzene rings is 1. The van der Waals surface area contributed by atoms with Crippen molar-refractivity contribution in [1.29, 1.82) is 0 Å². The molecule has 0 saturated carbocycles. The number of aromatic nitrogens is 1. The van der Waals surface area contributed by atoms with Crippen molar-refractivity contribution in [1.82, 2.24) is 4.57 Å². The molecule has 0 saturated heterocycles. The third-order valence-electron chi connectivity index (χ3n) is 4.04. The van der Waals surface area contributed by atoms with Crippen molar-refractivity contribution < 1.29 is 14.3 Å². The Kier molecular flexibility index (Phi) is 3.79. The fourth-order valence-electron chi connectivity index (χ4n) is 2.62. The van der Waals surface area contributed by atoms with Gasteiger partial charge in [0, 0.05) is 11.6 Å². The van der Waals surface area contributed by atoms with Crippen LogP contribution in [0.1, 0.15) is 42.6 Å². The van der Waals surface area contributed by atoms with E-state index in [0.29, 0.717) is 11.1 Å². The third kappa shape index (κ3) is 2.97. The maximum absolute atomic E-state index is 12.8. The second-order valence-corrected chi connectivity index (χ2v) is 6.87. The summed E-state index contributed by atoms with van der Waals surface area (Å²) in [6.07, 6.45) is 1.70. The van der Waals surface area contributed by atoms with Crippen molar-refractivity contribution in [2.75, 3.05) is 0 Å². The van der Waals surface area contributed by atoms with Crippen LogP contribution < -0.4 is 5.56 Å². The lowest BCUT2D eigenvalue weighted by Gasteiger charge is -2.19. The fourth-order valence-corrected chi connectivity index (χ4v) is 2.62. The van der Waals surface area contributed by atoms with E-state index >= 15 is 0 Å². The summed E-state index contributed by atoms with van der Waals surface area (Å²) in [5.74, 6) is -0.823. The van der Waals surface area contributed by atoms with Crippen LogP contribution in [0.15, 0.2) is 51.8 Å². The number of fused-ring (bicyclic) bond motifs is 1. The summed E-state index contributed by atoms with van der Waals surface area (Å²) in [4.78, 5) is 23.6. The van der Waals surface area contributed by atoms with Crippen LogP contribution in [0, 0.1) is 0 Å². The summed E-state index contributed by atoms with van der Waals surface area (Å²) in [7, 11) is 0. The molecule has 3 rings (SSSR count). The Hall–Kier alpha value is -2.82. The van der Waals surface area contributed by atoms with Gasteiger partial charge >= 0.3 is 5.97 Å². The quantitative estimate of drug-likeness (QED) is 0.798. The Morgan fingerprint density at radius 1 is 1.17 bits per heavy atom. The first-order chi connectivity index (χ1) is 11.3. The lowest BCUT2D eigenvalue weighted by molar-refractivity contribution is 0.0660. The SMILES string of the molecule is CC(C)(C)c1ccc2ccn(Cc3ccc(C(=O)O)o3)c(=O)c2c1. The second-order valence-electron chi connectivity index (χ2n) is 6.87. The summed E-state index contributed by atoms with van der Waals surface area (Å²) in [6, 6.07) is 10.8. The van der Waals surface area contributed by atoms with Gasteiger partial charge in [-0.15, -0.1) is 0 Å². The van der Waals surface area contributed by atoms with Gasteiger partial charge in [0.1, 0.15) is 5.76 Å². The number of pyridine rings is 1. The minimum Gasteiger partial charge on any atom is -0.475 e. The molecular weight excluding hydrogens is 306 g/mol. The highest BCUT2D eigenvalue weighted by molar-refractivity contribution is 5.84. The molecule has 0 atom stereocenters. The van der Waals surface area contributed by atoms with E-state index in [1.54, 1.807) is 12.3 Å². The molecule has 0 aliphatic heterocycles. The molecule has 0 unspecified atom stereocenters. The Morgan fingerprint density at radius 2 is 1.92 bits per heavy atom. The van der Waals surface area contributed by atoms with Gasteiger partial charge in [-0.1, -0.05) is 32.9 Å². The van der Waals surface area contributed by atoms with E-state index in [2.05, 4.69) is 20.8 Å². The number of rotatable bonds is 3. The average molecular weight is 325 g/mol. The van der Waals surface area contributed by atoms with Crippen LogP contribution in [-0.4, -0.2) is 15.6 Å². The predicted molar refractivity (Wildman–Crippen MR) is 91.7 cm³/mol. The molecule has 1 N–H and O–H groups in total. The number of aromatic carboxylic acids is 1. The molecule has 0 amide bonds.